The van der Waals surface area contributed by atoms with Crippen molar-refractivity contribution in [2.45, 2.75) is 39.8 Å². The first-order valence-corrected chi connectivity index (χ1v) is 7.93. The van der Waals surface area contributed by atoms with E-state index in [4.69, 9.17) is 9.26 Å². The van der Waals surface area contributed by atoms with E-state index in [9.17, 15) is 9.59 Å². The Balaban J connectivity index is 1.98. The predicted molar refractivity (Wildman–Crippen MR) is 90.3 cm³/mol. The van der Waals surface area contributed by atoms with Crippen LogP contribution in [0.5, 0.6) is 5.75 Å². The van der Waals surface area contributed by atoms with Crippen LogP contribution >= 0.6 is 0 Å². The molecule has 1 aromatic heterocycles. The number of nitrogens with zero attached hydrogens (tertiary/aromatic N) is 1. The van der Waals surface area contributed by atoms with E-state index in [-0.39, 0.29) is 24.3 Å². The molecule has 25 heavy (non-hydrogen) atoms. The molecule has 1 atom stereocenters. The number of carbonyl (C=O) groups excluding carboxylic acids is 2. The molecule has 0 spiro atoms. The predicted octanol–water partition coefficient (Wildman–Crippen LogP) is 2.55. The standard InChI is InChI=1S/C18H22N2O5/c1-11(8-17(21)23-4)19-18(22)14-6-5-7-15(9-14)24-10-16-12(2)20-25-13(16)3/h5-7,9,11H,8,10H2,1-4H3,(H,19,22). The quantitative estimate of drug-likeness (QED) is 0.775. The molecule has 0 aliphatic heterocycles. The lowest BCUT2D eigenvalue weighted by atomic mass is 10.1. The van der Waals surface area contributed by atoms with Gasteiger partial charge in [-0.2, -0.15) is 0 Å². The average Bonchev–Trinajstić information content (AvgIpc) is 2.91. The van der Waals surface area contributed by atoms with Gasteiger partial charge >= 0.3 is 5.97 Å². The summed E-state index contributed by atoms with van der Waals surface area (Å²) in [6, 6.07) is 6.52. The van der Waals surface area contributed by atoms with E-state index in [0.717, 1.165) is 11.3 Å². The summed E-state index contributed by atoms with van der Waals surface area (Å²) in [5.41, 5.74) is 2.12. The number of benzene rings is 1. The molecule has 0 aliphatic carbocycles. The third kappa shape index (κ3) is 5.07. The molecule has 7 heteroatoms. The maximum absolute atomic E-state index is 12.3. The molecule has 0 saturated carbocycles. The smallest absolute Gasteiger partial charge is 0.307 e. The molecule has 0 bridgehead atoms. The molecule has 0 saturated heterocycles. The fraction of sp³-hybridized carbons (Fsp3) is 0.389. The van der Waals surface area contributed by atoms with Crippen LogP contribution in [0.4, 0.5) is 0 Å². The van der Waals surface area contributed by atoms with Gasteiger partial charge in [-0.3, -0.25) is 9.59 Å². The van der Waals surface area contributed by atoms with Crippen LogP contribution < -0.4 is 10.1 Å². The Labute approximate surface area is 146 Å². The first-order valence-electron chi connectivity index (χ1n) is 7.93. The Kier molecular flexibility index (Phi) is 6.16. The van der Waals surface area contributed by atoms with Crippen LogP contribution in [0.1, 0.15) is 40.7 Å². The van der Waals surface area contributed by atoms with Crippen LogP contribution in [-0.4, -0.2) is 30.2 Å². The highest BCUT2D eigenvalue weighted by Gasteiger charge is 2.14. The summed E-state index contributed by atoms with van der Waals surface area (Å²) < 4.78 is 15.4. The van der Waals surface area contributed by atoms with E-state index >= 15 is 0 Å². The zero-order valence-electron chi connectivity index (χ0n) is 14.8. The summed E-state index contributed by atoms with van der Waals surface area (Å²) in [7, 11) is 1.32. The third-order valence-electron chi connectivity index (χ3n) is 3.74. The molecule has 1 N–H and O–H groups in total. The SMILES string of the molecule is COC(=O)CC(C)NC(=O)c1cccc(OCc2c(C)noc2C)c1. The van der Waals surface area contributed by atoms with Crippen molar-refractivity contribution in [1.82, 2.24) is 10.5 Å². The van der Waals surface area contributed by atoms with Gasteiger partial charge in [0.25, 0.3) is 5.91 Å². The molecule has 2 aromatic rings. The number of hydrogen-bond donors (Lipinski definition) is 1. The lowest BCUT2D eigenvalue weighted by Crippen LogP contribution is -2.34. The largest absolute Gasteiger partial charge is 0.489 e. The number of aryl methyl sites for hydroxylation is 2. The van der Waals surface area contributed by atoms with Crippen molar-refractivity contribution in [1.29, 1.82) is 0 Å². The third-order valence-corrected chi connectivity index (χ3v) is 3.74. The lowest BCUT2D eigenvalue weighted by Gasteiger charge is -2.13. The van der Waals surface area contributed by atoms with Crippen LogP contribution in [0.15, 0.2) is 28.8 Å². The molecular formula is C18H22N2O5. The van der Waals surface area contributed by atoms with Crippen molar-refractivity contribution in [2.24, 2.45) is 0 Å². The molecule has 1 amide bonds. The Morgan fingerprint density at radius 3 is 2.72 bits per heavy atom. The van der Waals surface area contributed by atoms with Gasteiger partial charge in [0.05, 0.1) is 24.8 Å². The highest BCUT2D eigenvalue weighted by atomic mass is 16.5. The Morgan fingerprint density at radius 2 is 2.08 bits per heavy atom. The van der Waals surface area contributed by atoms with Gasteiger partial charge in [0.2, 0.25) is 0 Å². The summed E-state index contributed by atoms with van der Waals surface area (Å²) in [4.78, 5) is 23.5. The zero-order chi connectivity index (χ0) is 18.4. The highest BCUT2D eigenvalue weighted by Crippen LogP contribution is 2.18. The van der Waals surface area contributed by atoms with E-state index in [1.807, 2.05) is 13.8 Å². The summed E-state index contributed by atoms with van der Waals surface area (Å²) in [6.45, 7) is 5.73. The molecule has 134 valence electrons. The Hall–Kier alpha value is -2.83. The van der Waals surface area contributed by atoms with E-state index in [2.05, 4.69) is 15.2 Å². The molecule has 0 radical (unpaired) electrons. The number of methoxy groups -OCH3 is 1. The van der Waals surface area contributed by atoms with Crippen molar-refractivity contribution in [3.05, 3.63) is 46.8 Å². The summed E-state index contributed by atoms with van der Waals surface area (Å²) in [5, 5.41) is 6.64. The molecule has 0 fully saturated rings. The van der Waals surface area contributed by atoms with Gasteiger partial charge in [-0.05, 0) is 39.0 Å². The van der Waals surface area contributed by atoms with E-state index < -0.39 is 0 Å². The summed E-state index contributed by atoms with van der Waals surface area (Å²) in [5.74, 6) is 0.625. The highest BCUT2D eigenvalue weighted by molar-refractivity contribution is 5.95. The number of amides is 1. The molecule has 2 rings (SSSR count). The van der Waals surface area contributed by atoms with Gasteiger partial charge in [-0.25, -0.2) is 0 Å². The molecule has 0 aliphatic rings. The fourth-order valence-electron chi connectivity index (χ4n) is 2.28. The van der Waals surface area contributed by atoms with Gasteiger partial charge in [0, 0.05) is 11.6 Å². The van der Waals surface area contributed by atoms with E-state index in [1.54, 1.807) is 31.2 Å². The van der Waals surface area contributed by atoms with E-state index in [1.165, 1.54) is 7.11 Å². The van der Waals surface area contributed by atoms with Gasteiger partial charge < -0.3 is 19.3 Å². The number of nitrogens with one attached hydrogen (secondary N) is 1. The van der Waals surface area contributed by atoms with Gasteiger partial charge in [0.15, 0.2) is 0 Å². The van der Waals surface area contributed by atoms with Crippen molar-refractivity contribution in [3.63, 3.8) is 0 Å². The molecular weight excluding hydrogens is 324 g/mol. The fourth-order valence-corrected chi connectivity index (χ4v) is 2.28. The topological polar surface area (TPSA) is 90.7 Å². The van der Waals surface area contributed by atoms with Crippen LogP contribution in [0.3, 0.4) is 0 Å². The second-order valence-electron chi connectivity index (χ2n) is 5.77. The maximum Gasteiger partial charge on any atom is 0.307 e. The monoisotopic (exact) mass is 346 g/mol. The zero-order valence-corrected chi connectivity index (χ0v) is 14.8. The molecule has 1 heterocycles. The van der Waals surface area contributed by atoms with Crippen LogP contribution in [-0.2, 0) is 16.1 Å². The van der Waals surface area contributed by atoms with Crippen molar-refractivity contribution in [3.8, 4) is 5.75 Å². The van der Waals surface area contributed by atoms with Gasteiger partial charge in [-0.15, -0.1) is 0 Å². The first-order chi connectivity index (χ1) is 11.9. The second kappa shape index (κ2) is 8.32. The summed E-state index contributed by atoms with van der Waals surface area (Å²) >= 11 is 0. The van der Waals surface area contributed by atoms with Crippen molar-refractivity contribution >= 4 is 11.9 Å². The number of hydrogen-bond acceptors (Lipinski definition) is 6. The van der Waals surface area contributed by atoms with Gasteiger partial charge in [-0.1, -0.05) is 11.2 Å². The molecule has 7 nitrogen and oxygen atoms in total. The number of esters is 1. The average molecular weight is 346 g/mol. The minimum atomic E-state index is -0.371. The van der Waals surface area contributed by atoms with Crippen LogP contribution in [0.2, 0.25) is 0 Å². The van der Waals surface area contributed by atoms with Crippen molar-refractivity contribution in [2.75, 3.05) is 7.11 Å². The minimum Gasteiger partial charge on any atom is -0.489 e. The van der Waals surface area contributed by atoms with Crippen LogP contribution in [0, 0.1) is 13.8 Å². The number of ether oxygens (including phenoxy) is 2. The minimum absolute atomic E-state index is 0.116. The van der Waals surface area contributed by atoms with E-state index in [0.29, 0.717) is 23.7 Å². The first kappa shape index (κ1) is 18.5. The molecule has 1 unspecified atom stereocenters. The summed E-state index contributed by atoms with van der Waals surface area (Å²) in [6.07, 6.45) is 0.116. The lowest BCUT2D eigenvalue weighted by molar-refractivity contribution is -0.141. The normalized spacial score (nSPS) is 11.7. The number of aromatic nitrogens is 1. The maximum atomic E-state index is 12.3. The Bertz CT molecular complexity index is 734. The molecule has 1 aromatic carbocycles. The number of rotatable bonds is 7. The van der Waals surface area contributed by atoms with Gasteiger partial charge in [0.1, 0.15) is 18.1 Å². The number of carbonyl (C=O) groups is 2. The Morgan fingerprint density at radius 1 is 1.32 bits per heavy atom. The van der Waals surface area contributed by atoms with Crippen LogP contribution in [0.25, 0.3) is 0 Å². The second-order valence-corrected chi connectivity index (χ2v) is 5.77. The van der Waals surface area contributed by atoms with Crippen molar-refractivity contribution < 1.29 is 23.6 Å².